The van der Waals surface area contributed by atoms with Crippen molar-refractivity contribution in [1.29, 1.82) is 5.41 Å². The Morgan fingerprint density at radius 3 is 2.88 bits per heavy atom. The molecule has 0 saturated heterocycles. The maximum absolute atomic E-state index is 7.38. The van der Waals surface area contributed by atoms with Gasteiger partial charge in [0.15, 0.2) is 5.17 Å². The molecular formula is C19H21BrN2S2. The topological polar surface area (TPSA) is 49.9 Å². The summed E-state index contributed by atoms with van der Waals surface area (Å²) in [5, 5.41) is 7.56. The van der Waals surface area contributed by atoms with Crippen molar-refractivity contribution in [3.63, 3.8) is 0 Å². The van der Waals surface area contributed by atoms with E-state index in [9.17, 15) is 0 Å². The molecule has 2 aromatic rings. The van der Waals surface area contributed by atoms with Crippen molar-refractivity contribution in [2.45, 2.75) is 26.7 Å². The van der Waals surface area contributed by atoms with Crippen molar-refractivity contribution in [1.82, 2.24) is 0 Å². The molecule has 1 aliphatic rings. The van der Waals surface area contributed by atoms with Gasteiger partial charge in [0, 0.05) is 20.0 Å². The van der Waals surface area contributed by atoms with E-state index in [4.69, 9.17) is 11.1 Å². The molecule has 0 unspecified atom stereocenters. The van der Waals surface area contributed by atoms with Gasteiger partial charge in [0.05, 0.1) is 0 Å². The normalized spacial score (nSPS) is 17.7. The molecule has 1 aromatic heterocycles. The molecule has 0 atom stereocenters. The molecule has 1 aliphatic carbocycles. The van der Waals surface area contributed by atoms with Gasteiger partial charge in [0.2, 0.25) is 0 Å². The number of allylic oxidation sites excluding steroid dienone is 1. The quantitative estimate of drug-likeness (QED) is 0.461. The molecular weight excluding hydrogens is 400 g/mol. The zero-order chi connectivity index (χ0) is 17.3. The van der Waals surface area contributed by atoms with Crippen LogP contribution in [0.2, 0.25) is 0 Å². The molecule has 5 heteroatoms. The molecule has 0 radical (unpaired) electrons. The summed E-state index contributed by atoms with van der Waals surface area (Å²) in [4.78, 5) is 2.80. The standard InChI is InChI=1S/C19H21BrN2S2/c1-19(2)10-13(6-7-23-18(21)22)15-9-16(24-17(15)11-19)12-4-3-5-14(20)8-12/h3-6,8-9H,7,10-11H2,1-2H3,(H3,21,22). The molecule has 0 spiro atoms. The third-order valence-electron chi connectivity index (χ3n) is 4.14. The zero-order valence-corrected chi connectivity index (χ0v) is 17.1. The van der Waals surface area contributed by atoms with E-state index in [0.717, 1.165) is 23.1 Å². The molecule has 3 rings (SSSR count). The van der Waals surface area contributed by atoms with Crippen LogP contribution in [0.1, 0.15) is 30.7 Å². The Hall–Kier alpha value is -1.04. The maximum Gasteiger partial charge on any atom is 0.151 e. The third kappa shape index (κ3) is 4.13. The van der Waals surface area contributed by atoms with E-state index in [1.807, 2.05) is 11.3 Å². The molecule has 1 heterocycles. The fraction of sp³-hybridized carbons (Fsp3) is 0.316. The lowest BCUT2D eigenvalue weighted by atomic mass is 9.75. The molecule has 0 fully saturated rings. The van der Waals surface area contributed by atoms with Gasteiger partial charge in [0.25, 0.3) is 0 Å². The van der Waals surface area contributed by atoms with Gasteiger partial charge >= 0.3 is 0 Å². The second kappa shape index (κ2) is 7.06. The largest absolute Gasteiger partial charge is 0.379 e. The summed E-state index contributed by atoms with van der Waals surface area (Å²) in [5.41, 5.74) is 9.79. The lowest BCUT2D eigenvalue weighted by Crippen LogP contribution is -2.20. The predicted octanol–water partition coefficient (Wildman–Crippen LogP) is 6.16. The van der Waals surface area contributed by atoms with Crippen LogP contribution in [0.5, 0.6) is 0 Å². The van der Waals surface area contributed by atoms with Gasteiger partial charge in [-0.15, -0.1) is 11.3 Å². The van der Waals surface area contributed by atoms with Crippen molar-refractivity contribution in [2.24, 2.45) is 11.1 Å². The van der Waals surface area contributed by atoms with Crippen LogP contribution >= 0.6 is 39.0 Å². The van der Waals surface area contributed by atoms with Crippen molar-refractivity contribution < 1.29 is 0 Å². The van der Waals surface area contributed by atoms with Crippen molar-refractivity contribution >= 4 is 49.8 Å². The summed E-state index contributed by atoms with van der Waals surface area (Å²) in [6, 6.07) is 10.8. The highest BCUT2D eigenvalue weighted by atomic mass is 79.9. The second-order valence-corrected chi connectivity index (χ2v) is 9.99. The number of thioether (sulfide) groups is 1. The van der Waals surface area contributed by atoms with Crippen molar-refractivity contribution in [3.8, 4) is 10.4 Å². The number of nitrogens with two attached hydrogens (primary N) is 1. The van der Waals surface area contributed by atoms with Gasteiger partial charge in [0.1, 0.15) is 0 Å². The van der Waals surface area contributed by atoms with Gasteiger partial charge in [-0.1, -0.05) is 59.7 Å². The van der Waals surface area contributed by atoms with Gasteiger partial charge in [-0.25, -0.2) is 0 Å². The SMILES string of the molecule is CC1(C)CC(=CCSC(=N)N)c2cc(-c3cccc(Br)c3)sc2C1. The number of rotatable bonds is 3. The van der Waals surface area contributed by atoms with Crippen LogP contribution < -0.4 is 5.73 Å². The number of halogens is 1. The van der Waals surface area contributed by atoms with E-state index in [-0.39, 0.29) is 10.6 Å². The van der Waals surface area contributed by atoms with Gasteiger partial charge in [-0.05, 0) is 53.2 Å². The Morgan fingerprint density at radius 1 is 1.38 bits per heavy atom. The van der Waals surface area contributed by atoms with E-state index in [1.165, 1.54) is 38.2 Å². The van der Waals surface area contributed by atoms with Crippen LogP contribution in [0.25, 0.3) is 16.0 Å². The summed E-state index contributed by atoms with van der Waals surface area (Å²) in [5.74, 6) is 0.766. The minimum Gasteiger partial charge on any atom is -0.379 e. The molecule has 126 valence electrons. The fourth-order valence-corrected chi connectivity index (χ4v) is 5.45. The first kappa shape index (κ1) is 17.8. The lowest BCUT2D eigenvalue weighted by molar-refractivity contribution is 0.369. The summed E-state index contributed by atoms with van der Waals surface area (Å²) in [6.07, 6.45) is 4.45. The third-order valence-corrected chi connectivity index (χ3v) is 6.46. The molecule has 3 N–H and O–H groups in total. The molecule has 0 amide bonds. The average molecular weight is 421 g/mol. The Labute approximate surface area is 160 Å². The van der Waals surface area contributed by atoms with Crippen LogP contribution in [0, 0.1) is 10.8 Å². The highest BCUT2D eigenvalue weighted by Crippen LogP contribution is 2.47. The molecule has 0 bridgehead atoms. The Bertz CT molecular complexity index is 805. The van der Waals surface area contributed by atoms with Crippen molar-refractivity contribution in [3.05, 3.63) is 51.3 Å². The van der Waals surface area contributed by atoms with Gasteiger partial charge in [-0.3, -0.25) is 5.41 Å². The zero-order valence-electron chi connectivity index (χ0n) is 13.9. The van der Waals surface area contributed by atoms with Crippen LogP contribution in [0.4, 0.5) is 0 Å². The van der Waals surface area contributed by atoms with E-state index in [2.05, 4.69) is 66.2 Å². The summed E-state index contributed by atoms with van der Waals surface area (Å²) in [6.45, 7) is 4.67. The van der Waals surface area contributed by atoms with Crippen molar-refractivity contribution in [2.75, 3.05) is 5.75 Å². The van der Waals surface area contributed by atoms with E-state index >= 15 is 0 Å². The number of hydrogen-bond acceptors (Lipinski definition) is 3. The first-order chi connectivity index (χ1) is 11.3. The number of amidine groups is 1. The highest BCUT2D eigenvalue weighted by molar-refractivity contribution is 9.10. The van der Waals surface area contributed by atoms with Gasteiger partial charge in [-0.2, -0.15) is 0 Å². The van der Waals surface area contributed by atoms with E-state index < -0.39 is 0 Å². The lowest BCUT2D eigenvalue weighted by Gasteiger charge is -2.31. The van der Waals surface area contributed by atoms with Crippen LogP contribution in [-0.4, -0.2) is 10.9 Å². The smallest absolute Gasteiger partial charge is 0.151 e. The molecule has 1 aromatic carbocycles. The van der Waals surface area contributed by atoms with Crippen LogP contribution in [0.3, 0.4) is 0 Å². The summed E-state index contributed by atoms with van der Waals surface area (Å²) < 4.78 is 1.11. The average Bonchev–Trinajstić information content (AvgIpc) is 2.89. The number of fused-ring (bicyclic) bond motifs is 1. The Morgan fingerprint density at radius 2 is 2.17 bits per heavy atom. The van der Waals surface area contributed by atoms with Crippen LogP contribution in [0.15, 0.2) is 40.9 Å². The summed E-state index contributed by atoms with van der Waals surface area (Å²) >= 11 is 6.86. The fourth-order valence-electron chi connectivity index (χ4n) is 3.14. The summed E-state index contributed by atoms with van der Waals surface area (Å²) in [7, 11) is 0. The maximum atomic E-state index is 7.38. The van der Waals surface area contributed by atoms with Crippen LogP contribution in [-0.2, 0) is 6.42 Å². The minimum atomic E-state index is 0.183. The number of nitrogens with one attached hydrogen (secondary N) is 1. The number of hydrogen-bond donors (Lipinski definition) is 2. The Kier molecular flexibility index (Phi) is 5.23. The number of benzene rings is 1. The molecule has 2 nitrogen and oxygen atoms in total. The first-order valence-corrected chi connectivity index (χ1v) is 10.5. The first-order valence-electron chi connectivity index (χ1n) is 7.89. The molecule has 0 aliphatic heterocycles. The predicted molar refractivity (Wildman–Crippen MR) is 112 cm³/mol. The van der Waals surface area contributed by atoms with E-state index in [1.54, 1.807) is 0 Å². The Balaban J connectivity index is 1.97. The van der Waals surface area contributed by atoms with Gasteiger partial charge < -0.3 is 5.73 Å². The molecule has 0 saturated carbocycles. The number of thiophene rings is 1. The van der Waals surface area contributed by atoms with E-state index in [0.29, 0.717) is 0 Å². The molecule has 24 heavy (non-hydrogen) atoms. The highest BCUT2D eigenvalue weighted by Gasteiger charge is 2.30. The second-order valence-electron chi connectivity index (χ2n) is 6.88. The minimum absolute atomic E-state index is 0.183. The monoisotopic (exact) mass is 420 g/mol.